The highest BCUT2D eigenvalue weighted by atomic mass is 16.5. The van der Waals surface area contributed by atoms with Crippen molar-refractivity contribution >= 4 is 36.1 Å². The van der Waals surface area contributed by atoms with Crippen LogP contribution in [0.1, 0.15) is 73.2 Å². The molecule has 0 bridgehead atoms. The topological polar surface area (TPSA) is 193 Å². The molecule has 1 aromatic heterocycles. The maximum atomic E-state index is 13.0. The summed E-state index contributed by atoms with van der Waals surface area (Å²) >= 11 is 0. The second-order valence-corrected chi connectivity index (χ2v) is 10.1. The molecule has 1 heterocycles. The Morgan fingerprint density at radius 2 is 1.67 bits per heavy atom. The average Bonchev–Trinajstić information content (AvgIpc) is 3.06. The molecular weight excluding hydrogens is 586 g/mol. The molecular formula is C31H41N5O9. The van der Waals surface area contributed by atoms with E-state index in [1.54, 1.807) is 31.2 Å². The second-order valence-electron chi connectivity index (χ2n) is 10.1. The van der Waals surface area contributed by atoms with E-state index >= 15 is 0 Å². The van der Waals surface area contributed by atoms with Crippen molar-refractivity contribution in [3.05, 3.63) is 53.7 Å². The van der Waals surface area contributed by atoms with E-state index < -0.39 is 54.1 Å². The number of nitrogens with zero attached hydrogens (tertiary/aromatic N) is 2. The fraction of sp³-hybridized carbons (Fsp3) is 0.452. The summed E-state index contributed by atoms with van der Waals surface area (Å²) in [6.45, 7) is 3.61. The van der Waals surface area contributed by atoms with Gasteiger partial charge in [0.25, 0.3) is 11.8 Å². The summed E-state index contributed by atoms with van der Waals surface area (Å²) in [4.78, 5) is 77.6. The van der Waals surface area contributed by atoms with Crippen molar-refractivity contribution in [2.24, 2.45) is 5.92 Å². The summed E-state index contributed by atoms with van der Waals surface area (Å²) in [5.74, 6) is -3.69. The zero-order valence-electron chi connectivity index (χ0n) is 25.9. The Labute approximate surface area is 261 Å². The van der Waals surface area contributed by atoms with Crippen LogP contribution in [0.2, 0.25) is 0 Å². The molecule has 0 radical (unpaired) electrons. The number of carbonyl (C=O) groups is 6. The molecule has 0 aliphatic rings. The van der Waals surface area contributed by atoms with Crippen LogP contribution in [0.5, 0.6) is 0 Å². The minimum atomic E-state index is -1.22. The number of benzene rings is 1. The Bertz CT molecular complexity index is 1320. The van der Waals surface area contributed by atoms with Crippen LogP contribution in [-0.4, -0.2) is 84.3 Å². The zero-order valence-corrected chi connectivity index (χ0v) is 25.9. The molecule has 0 saturated carbocycles. The van der Waals surface area contributed by atoms with E-state index in [4.69, 9.17) is 0 Å². The molecule has 0 saturated heterocycles. The first-order valence-corrected chi connectivity index (χ1v) is 14.6. The zero-order chi connectivity index (χ0) is 33.4. The molecule has 244 valence electrons. The molecule has 1 aromatic carbocycles. The van der Waals surface area contributed by atoms with Crippen LogP contribution in [-0.2, 0) is 28.7 Å². The van der Waals surface area contributed by atoms with Crippen molar-refractivity contribution in [2.45, 2.75) is 64.5 Å². The van der Waals surface area contributed by atoms with Crippen LogP contribution in [0.4, 0.5) is 0 Å². The number of esters is 2. The van der Waals surface area contributed by atoms with Crippen molar-refractivity contribution in [1.82, 2.24) is 26.0 Å². The fourth-order valence-electron chi connectivity index (χ4n) is 4.62. The van der Waals surface area contributed by atoms with Gasteiger partial charge in [0.2, 0.25) is 12.3 Å². The minimum absolute atomic E-state index is 0.0840. The highest BCUT2D eigenvalue weighted by molar-refractivity contribution is 5.98. The number of nitrogens with one attached hydrogen (secondary N) is 3. The first kappa shape index (κ1) is 36.3. The molecule has 0 aliphatic carbocycles. The fourth-order valence-corrected chi connectivity index (χ4v) is 4.62. The summed E-state index contributed by atoms with van der Waals surface area (Å²) < 4.78 is 9.21. The predicted octanol–water partition coefficient (Wildman–Crippen LogP) is 2.21. The van der Waals surface area contributed by atoms with Gasteiger partial charge in [0.05, 0.1) is 45.0 Å². The van der Waals surface area contributed by atoms with E-state index in [-0.39, 0.29) is 24.3 Å². The Balaban J connectivity index is 2.05. The van der Waals surface area contributed by atoms with E-state index in [2.05, 4.69) is 30.4 Å². The Hall–Kier alpha value is -4.85. The van der Waals surface area contributed by atoms with Crippen LogP contribution in [0, 0.1) is 5.92 Å². The van der Waals surface area contributed by atoms with Gasteiger partial charge in [0.1, 0.15) is 11.7 Å². The highest BCUT2D eigenvalue weighted by Gasteiger charge is 2.30. The number of rotatable bonds is 18. The van der Waals surface area contributed by atoms with Crippen LogP contribution >= 0.6 is 0 Å². The van der Waals surface area contributed by atoms with Crippen molar-refractivity contribution < 1.29 is 43.4 Å². The maximum absolute atomic E-state index is 13.0. The third kappa shape index (κ3) is 11.0. The minimum Gasteiger partial charge on any atom is -0.469 e. The molecule has 45 heavy (non-hydrogen) atoms. The molecule has 2 rings (SSSR count). The number of pyridine rings is 1. The highest BCUT2D eigenvalue weighted by Crippen LogP contribution is 2.21. The molecule has 4 amide bonds. The number of carbonyl (C=O) groups excluding carboxylic acids is 6. The molecule has 0 fully saturated rings. The predicted molar refractivity (Wildman–Crippen MR) is 161 cm³/mol. The van der Waals surface area contributed by atoms with Gasteiger partial charge in [-0.15, -0.1) is 0 Å². The second kappa shape index (κ2) is 18.7. The number of methoxy groups -OCH3 is 2. The Morgan fingerprint density at radius 1 is 0.956 bits per heavy atom. The summed E-state index contributed by atoms with van der Waals surface area (Å²) in [7, 11) is 2.30. The van der Waals surface area contributed by atoms with Gasteiger partial charge in [-0.2, -0.15) is 0 Å². The molecule has 4 N–H and O–H groups in total. The van der Waals surface area contributed by atoms with Crippen molar-refractivity contribution in [3.8, 4) is 11.3 Å². The van der Waals surface area contributed by atoms with E-state index in [0.717, 1.165) is 26.4 Å². The van der Waals surface area contributed by atoms with Gasteiger partial charge in [-0.1, -0.05) is 51.3 Å². The van der Waals surface area contributed by atoms with E-state index in [1.807, 2.05) is 6.92 Å². The normalized spacial score (nSPS) is 12.6. The molecule has 2 aromatic rings. The lowest BCUT2D eigenvalue weighted by Gasteiger charge is -2.29. The molecule has 14 nitrogen and oxygen atoms in total. The largest absolute Gasteiger partial charge is 0.469 e. The van der Waals surface area contributed by atoms with Gasteiger partial charge in [-0.05, 0) is 37.1 Å². The quantitative estimate of drug-likeness (QED) is 0.0475. The smallest absolute Gasteiger partial charge is 0.328 e. The number of unbranched alkanes of at least 4 members (excludes halogenated alkanes) is 2. The molecule has 3 atom stereocenters. The summed E-state index contributed by atoms with van der Waals surface area (Å²) in [5.41, 5.74) is 1.33. The molecule has 0 aliphatic heterocycles. The number of ether oxygens (including phenoxy) is 2. The summed E-state index contributed by atoms with van der Waals surface area (Å²) in [6, 6.07) is 9.12. The SMILES string of the molecule is CCCCC[C@@H](C(=O)NCNC(=O)c1cccc(-c2ccc(C(=O)N[C@@H](CC(=O)OC)C(=O)OC)cc2)n1)[C@@H](CC)N(O)C=O. The first-order valence-electron chi connectivity index (χ1n) is 14.6. The molecule has 0 unspecified atom stereocenters. The van der Waals surface area contributed by atoms with Gasteiger partial charge in [-0.3, -0.25) is 29.2 Å². The van der Waals surface area contributed by atoms with E-state index in [0.29, 0.717) is 29.2 Å². The monoisotopic (exact) mass is 627 g/mol. The van der Waals surface area contributed by atoms with E-state index in [1.165, 1.54) is 25.3 Å². The van der Waals surface area contributed by atoms with Crippen LogP contribution in [0.15, 0.2) is 42.5 Å². The molecule has 0 spiro atoms. The van der Waals surface area contributed by atoms with Crippen molar-refractivity contribution in [2.75, 3.05) is 20.9 Å². The standard InChI is InChI=1S/C31H41N5O9/c1-5-7-8-10-22(26(6-2)36(43)19-37)29(40)32-18-33-30(41)24-12-9-11-23(34-24)20-13-15-21(16-14-20)28(39)35-25(31(42)45-4)17-27(38)44-3/h9,11-16,19,22,25-26,43H,5-8,10,17-18H2,1-4H3,(H,32,40)(H,33,41)(H,35,39)/t22-,25+,26-/m1/s1. The van der Waals surface area contributed by atoms with Crippen molar-refractivity contribution in [1.29, 1.82) is 0 Å². The first-order chi connectivity index (χ1) is 21.6. The maximum Gasteiger partial charge on any atom is 0.328 e. The molecule has 14 heteroatoms. The number of hydrogen-bond acceptors (Lipinski definition) is 10. The number of aromatic nitrogens is 1. The lowest BCUT2D eigenvalue weighted by atomic mass is 9.90. The number of amides is 4. The van der Waals surface area contributed by atoms with Gasteiger partial charge < -0.3 is 25.4 Å². The Kier molecular flexibility index (Phi) is 15.1. The lowest BCUT2D eigenvalue weighted by Crippen LogP contribution is -2.47. The van der Waals surface area contributed by atoms with E-state index in [9.17, 15) is 34.0 Å². The summed E-state index contributed by atoms with van der Waals surface area (Å²) in [5, 5.41) is 18.2. The average molecular weight is 628 g/mol. The number of hydroxylamine groups is 2. The third-order valence-corrected chi connectivity index (χ3v) is 7.11. The van der Waals surface area contributed by atoms with Crippen LogP contribution < -0.4 is 16.0 Å². The van der Waals surface area contributed by atoms with Gasteiger partial charge in [0, 0.05) is 11.1 Å². The van der Waals surface area contributed by atoms with Gasteiger partial charge in [-0.25, -0.2) is 14.8 Å². The Morgan fingerprint density at radius 3 is 2.27 bits per heavy atom. The van der Waals surface area contributed by atoms with Crippen LogP contribution in [0.3, 0.4) is 0 Å². The number of hydrogen-bond donors (Lipinski definition) is 4. The summed E-state index contributed by atoms with van der Waals surface area (Å²) in [6.07, 6.45) is 3.32. The lowest BCUT2D eigenvalue weighted by molar-refractivity contribution is -0.168. The van der Waals surface area contributed by atoms with Crippen molar-refractivity contribution in [3.63, 3.8) is 0 Å². The van der Waals surface area contributed by atoms with Gasteiger partial charge in [0.15, 0.2) is 0 Å². The third-order valence-electron chi connectivity index (χ3n) is 7.11. The van der Waals surface area contributed by atoms with Crippen LogP contribution in [0.25, 0.3) is 11.3 Å². The van der Waals surface area contributed by atoms with Gasteiger partial charge >= 0.3 is 11.9 Å².